The number of nitrogens with one attached hydrogen (secondary N) is 2. The molecule has 0 saturated carbocycles. The predicted octanol–water partition coefficient (Wildman–Crippen LogP) is 2.72. The largest absolute Gasteiger partial charge is 0.325 e. The van der Waals surface area contributed by atoms with Crippen LogP contribution in [0.1, 0.15) is 18.9 Å². The fourth-order valence-corrected chi connectivity index (χ4v) is 3.78. The minimum absolute atomic E-state index is 0.352. The molecule has 158 valence electrons. The molecule has 1 aliphatic heterocycles. The zero-order chi connectivity index (χ0) is 22.0. The average molecular weight is 439 g/mol. The molecule has 1 fully saturated rings. The van der Waals surface area contributed by atoms with Crippen LogP contribution >= 0.6 is 11.6 Å². The van der Waals surface area contributed by atoms with E-state index in [4.69, 9.17) is 11.6 Å². The summed E-state index contributed by atoms with van der Waals surface area (Å²) in [6.07, 6.45) is 3.19. The lowest BCUT2D eigenvalue weighted by molar-refractivity contribution is -0.134. The Bertz CT molecular complexity index is 1140. The number of nitrogens with zero attached hydrogens (tertiary/aromatic N) is 4. The van der Waals surface area contributed by atoms with E-state index in [1.165, 1.54) is 17.3 Å². The van der Waals surface area contributed by atoms with Crippen LogP contribution in [0.5, 0.6) is 0 Å². The molecule has 10 heteroatoms. The molecule has 31 heavy (non-hydrogen) atoms. The Balaban J connectivity index is 1.56. The van der Waals surface area contributed by atoms with E-state index in [0.717, 1.165) is 4.90 Å². The molecule has 0 aliphatic carbocycles. The second-order valence-corrected chi connectivity index (χ2v) is 7.43. The number of hydrogen-bond donors (Lipinski definition) is 2. The minimum Gasteiger partial charge on any atom is -0.323 e. The van der Waals surface area contributed by atoms with Crippen LogP contribution in [0.2, 0.25) is 5.02 Å². The van der Waals surface area contributed by atoms with Gasteiger partial charge in [-0.25, -0.2) is 14.5 Å². The molecule has 1 saturated heterocycles. The van der Waals surface area contributed by atoms with Crippen molar-refractivity contribution in [3.8, 4) is 5.69 Å². The maximum absolute atomic E-state index is 13.2. The molecule has 1 aliphatic rings. The van der Waals surface area contributed by atoms with Crippen molar-refractivity contribution >= 4 is 35.1 Å². The van der Waals surface area contributed by atoms with E-state index in [0.29, 0.717) is 28.4 Å². The Morgan fingerprint density at radius 2 is 1.97 bits per heavy atom. The maximum atomic E-state index is 13.2. The fraction of sp³-hybridized carbons (Fsp3) is 0.190. The van der Waals surface area contributed by atoms with Crippen molar-refractivity contribution in [2.75, 3.05) is 11.9 Å². The van der Waals surface area contributed by atoms with Crippen LogP contribution in [0.25, 0.3) is 5.69 Å². The third kappa shape index (κ3) is 3.75. The summed E-state index contributed by atoms with van der Waals surface area (Å²) in [6, 6.07) is 13.3. The van der Waals surface area contributed by atoms with Crippen molar-refractivity contribution in [2.24, 2.45) is 0 Å². The molecule has 1 aromatic heterocycles. The summed E-state index contributed by atoms with van der Waals surface area (Å²) in [6.45, 7) is 1.37. The third-order valence-electron chi connectivity index (χ3n) is 5.17. The number of anilines is 1. The lowest BCUT2D eigenvalue weighted by atomic mass is 9.87. The molecule has 2 aromatic carbocycles. The second kappa shape index (κ2) is 8.19. The summed E-state index contributed by atoms with van der Waals surface area (Å²) < 4.78 is 1.47. The van der Waals surface area contributed by atoms with Crippen molar-refractivity contribution in [3.63, 3.8) is 0 Å². The summed E-state index contributed by atoms with van der Waals surface area (Å²) in [4.78, 5) is 43.4. The Morgan fingerprint density at radius 1 is 1.19 bits per heavy atom. The first-order valence-electron chi connectivity index (χ1n) is 9.58. The first kappa shape index (κ1) is 20.5. The smallest absolute Gasteiger partial charge is 0.323 e. The predicted molar refractivity (Wildman–Crippen MR) is 114 cm³/mol. The quantitative estimate of drug-likeness (QED) is 0.575. The van der Waals surface area contributed by atoms with Gasteiger partial charge in [-0.15, -0.1) is 0 Å². The lowest BCUT2D eigenvalue weighted by Crippen LogP contribution is -2.44. The molecule has 4 amide bonds. The number of benzene rings is 2. The van der Waals surface area contributed by atoms with E-state index < -0.39 is 29.9 Å². The number of hydrogen-bond acceptors (Lipinski definition) is 5. The van der Waals surface area contributed by atoms with Gasteiger partial charge in [0.25, 0.3) is 5.91 Å². The standard InChI is InChI=1S/C21H19ClN6O3/c1-2-21(14-6-4-3-5-7-14)19(30)27(20(31)26-21)11-18(29)25-16-10-15(22)8-9-17(16)28-13-23-12-24-28/h3-10,12-13H,2,11H2,1H3,(H,25,29)(H,26,31). The Kier molecular flexibility index (Phi) is 5.43. The molecular formula is C21H19ClN6O3. The number of urea groups is 1. The molecule has 2 heterocycles. The maximum Gasteiger partial charge on any atom is 0.325 e. The van der Waals surface area contributed by atoms with Gasteiger partial charge in [-0.1, -0.05) is 48.9 Å². The zero-order valence-corrected chi connectivity index (χ0v) is 17.3. The summed E-state index contributed by atoms with van der Waals surface area (Å²) >= 11 is 6.08. The van der Waals surface area contributed by atoms with E-state index in [9.17, 15) is 14.4 Å². The molecule has 2 N–H and O–H groups in total. The van der Waals surface area contributed by atoms with Gasteiger partial charge in [-0.3, -0.25) is 14.5 Å². The van der Waals surface area contributed by atoms with Crippen LogP contribution < -0.4 is 10.6 Å². The van der Waals surface area contributed by atoms with Crippen LogP contribution in [0.15, 0.2) is 61.2 Å². The average Bonchev–Trinajstić information content (AvgIpc) is 3.38. The number of halogens is 1. The molecule has 9 nitrogen and oxygen atoms in total. The Morgan fingerprint density at radius 3 is 2.65 bits per heavy atom. The summed E-state index contributed by atoms with van der Waals surface area (Å²) in [7, 11) is 0. The summed E-state index contributed by atoms with van der Waals surface area (Å²) in [5.41, 5.74) is 0.391. The van der Waals surface area contributed by atoms with Gasteiger partial charge >= 0.3 is 6.03 Å². The first-order valence-corrected chi connectivity index (χ1v) is 9.96. The van der Waals surface area contributed by atoms with E-state index in [2.05, 4.69) is 20.7 Å². The lowest BCUT2D eigenvalue weighted by Gasteiger charge is -2.25. The monoisotopic (exact) mass is 438 g/mol. The molecule has 0 spiro atoms. The molecule has 4 rings (SSSR count). The van der Waals surface area contributed by atoms with Crippen molar-refractivity contribution in [1.82, 2.24) is 25.0 Å². The number of rotatable bonds is 6. The number of imide groups is 1. The highest BCUT2D eigenvalue weighted by Crippen LogP contribution is 2.32. The van der Waals surface area contributed by atoms with E-state index in [-0.39, 0.29) is 0 Å². The highest BCUT2D eigenvalue weighted by atomic mass is 35.5. The van der Waals surface area contributed by atoms with Gasteiger partial charge in [0.05, 0.1) is 11.4 Å². The normalized spacial score (nSPS) is 18.2. The molecule has 1 unspecified atom stereocenters. The minimum atomic E-state index is -1.19. The highest BCUT2D eigenvalue weighted by Gasteiger charge is 2.51. The number of aromatic nitrogens is 3. The molecule has 1 atom stereocenters. The molecule has 0 radical (unpaired) electrons. The van der Waals surface area contributed by atoms with E-state index in [1.807, 2.05) is 13.0 Å². The highest BCUT2D eigenvalue weighted by molar-refractivity contribution is 6.31. The van der Waals surface area contributed by atoms with Gasteiger partial charge in [0.15, 0.2) is 0 Å². The molecule has 0 bridgehead atoms. The SMILES string of the molecule is CCC1(c2ccccc2)NC(=O)N(CC(=O)Nc2cc(Cl)ccc2-n2cncn2)C1=O. The zero-order valence-electron chi connectivity index (χ0n) is 16.6. The van der Waals surface area contributed by atoms with Gasteiger partial charge in [0.2, 0.25) is 5.91 Å². The van der Waals surface area contributed by atoms with Gasteiger partial charge in [0, 0.05) is 5.02 Å². The van der Waals surface area contributed by atoms with Gasteiger partial charge in [-0.05, 0) is 30.2 Å². The van der Waals surface area contributed by atoms with Crippen molar-refractivity contribution in [3.05, 3.63) is 71.8 Å². The van der Waals surface area contributed by atoms with Gasteiger partial charge in [0.1, 0.15) is 24.7 Å². The number of amides is 4. The van der Waals surface area contributed by atoms with Crippen LogP contribution in [0.4, 0.5) is 10.5 Å². The van der Waals surface area contributed by atoms with E-state index in [1.54, 1.807) is 42.5 Å². The summed E-state index contributed by atoms with van der Waals surface area (Å²) in [5.74, 6) is -1.02. The fourth-order valence-electron chi connectivity index (χ4n) is 3.61. The van der Waals surface area contributed by atoms with Crippen molar-refractivity contribution in [1.29, 1.82) is 0 Å². The van der Waals surface area contributed by atoms with E-state index >= 15 is 0 Å². The Hall–Kier alpha value is -3.72. The Labute approximate surface area is 183 Å². The number of carbonyl (C=O) groups excluding carboxylic acids is 3. The van der Waals surface area contributed by atoms with Crippen LogP contribution in [0.3, 0.4) is 0 Å². The second-order valence-electron chi connectivity index (χ2n) is 7.00. The molecular weight excluding hydrogens is 420 g/mol. The molecule has 3 aromatic rings. The van der Waals surface area contributed by atoms with Crippen LogP contribution in [-0.2, 0) is 15.1 Å². The van der Waals surface area contributed by atoms with Gasteiger partial charge < -0.3 is 10.6 Å². The van der Waals surface area contributed by atoms with Gasteiger partial charge in [-0.2, -0.15) is 5.10 Å². The van der Waals surface area contributed by atoms with Crippen LogP contribution in [0, 0.1) is 0 Å². The first-order chi connectivity index (χ1) is 14.9. The third-order valence-corrected chi connectivity index (χ3v) is 5.41. The number of carbonyl (C=O) groups is 3. The van der Waals surface area contributed by atoms with Crippen molar-refractivity contribution < 1.29 is 14.4 Å². The van der Waals surface area contributed by atoms with Crippen molar-refractivity contribution in [2.45, 2.75) is 18.9 Å². The topological polar surface area (TPSA) is 109 Å². The van der Waals surface area contributed by atoms with Crippen LogP contribution in [-0.4, -0.2) is 44.1 Å². The summed E-state index contributed by atoms with van der Waals surface area (Å²) in [5, 5.41) is 9.93.